The molecule has 3 N–H and O–H groups in total. The van der Waals surface area contributed by atoms with Gasteiger partial charge in [0.05, 0.1) is 16.3 Å². The Labute approximate surface area is 133 Å². The number of benzene rings is 1. The van der Waals surface area contributed by atoms with Gasteiger partial charge in [0.2, 0.25) is 0 Å². The molecule has 0 aliphatic heterocycles. The number of nitrogens with one attached hydrogen (secondary N) is 1. The van der Waals surface area contributed by atoms with Crippen molar-refractivity contribution in [1.82, 2.24) is 4.98 Å². The zero-order valence-corrected chi connectivity index (χ0v) is 13.3. The Hall–Kier alpha value is -1.36. The molecular weight excluding hydrogens is 313 g/mol. The predicted octanol–water partition coefficient (Wildman–Crippen LogP) is 4.38. The Morgan fingerprint density at radius 3 is 2.55 bits per heavy atom. The van der Waals surface area contributed by atoms with E-state index in [0.717, 1.165) is 16.8 Å². The summed E-state index contributed by atoms with van der Waals surface area (Å²) in [6, 6.07) is 7.13. The van der Waals surface area contributed by atoms with Crippen LogP contribution < -0.4 is 11.1 Å². The first-order chi connectivity index (χ1) is 9.38. The molecule has 0 atom stereocenters. The van der Waals surface area contributed by atoms with Gasteiger partial charge >= 0.3 is 0 Å². The Morgan fingerprint density at radius 2 is 1.95 bits per heavy atom. The predicted molar refractivity (Wildman–Crippen MR) is 89.3 cm³/mol. The average molecular weight is 326 g/mol. The van der Waals surface area contributed by atoms with Crippen LogP contribution in [0.2, 0.25) is 10.0 Å². The smallest absolute Gasteiger partial charge is 0.141 e. The van der Waals surface area contributed by atoms with Crippen LogP contribution in [0.25, 0.3) is 0 Å². The largest absolute Gasteiger partial charge is 0.389 e. The molecule has 2 aromatic rings. The third-order valence-electron chi connectivity index (χ3n) is 2.78. The molecule has 1 heterocycles. The maximum Gasteiger partial charge on any atom is 0.141 e. The molecule has 104 valence electrons. The number of aromatic nitrogens is 1. The molecule has 6 heteroatoms. The van der Waals surface area contributed by atoms with Crippen molar-refractivity contribution in [2.45, 2.75) is 13.8 Å². The highest BCUT2D eigenvalue weighted by Gasteiger charge is 2.13. The number of anilines is 2. The fourth-order valence-corrected chi connectivity index (χ4v) is 2.67. The molecule has 0 amide bonds. The number of pyridine rings is 1. The number of nitrogens with zero attached hydrogens (tertiary/aromatic N) is 1. The first-order valence-corrected chi connectivity index (χ1v) is 7.05. The molecule has 0 fully saturated rings. The van der Waals surface area contributed by atoms with Crippen LogP contribution in [0.4, 0.5) is 11.5 Å². The molecule has 0 radical (unpaired) electrons. The molecule has 3 nitrogen and oxygen atoms in total. The summed E-state index contributed by atoms with van der Waals surface area (Å²) < 4.78 is 0. The maximum absolute atomic E-state index is 6.15. The van der Waals surface area contributed by atoms with Gasteiger partial charge in [0.15, 0.2) is 0 Å². The molecule has 20 heavy (non-hydrogen) atoms. The van der Waals surface area contributed by atoms with Crippen molar-refractivity contribution in [3.8, 4) is 0 Å². The number of nitrogens with two attached hydrogens (primary N) is 1. The SMILES string of the molecule is Cc1cc(C)c(C(N)=S)c(Nc2ccc(Cl)cc2Cl)n1. The van der Waals surface area contributed by atoms with E-state index in [9.17, 15) is 0 Å². The highest BCUT2D eigenvalue weighted by atomic mass is 35.5. The summed E-state index contributed by atoms with van der Waals surface area (Å²) in [6.07, 6.45) is 0. The number of thiocarbonyl (C=S) groups is 1. The number of rotatable bonds is 3. The lowest BCUT2D eigenvalue weighted by molar-refractivity contribution is 1.17. The number of aryl methyl sites for hydroxylation is 2. The third kappa shape index (κ3) is 3.20. The summed E-state index contributed by atoms with van der Waals surface area (Å²) in [7, 11) is 0. The quantitative estimate of drug-likeness (QED) is 0.822. The molecule has 0 unspecified atom stereocenters. The molecule has 2 rings (SSSR count). The van der Waals surface area contributed by atoms with E-state index in [1.54, 1.807) is 18.2 Å². The maximum atomic E-state index is 6.15. The number of hydrogen-bond donors (Lipinski definition) is 2. The Kier molecular flexibility index (Phi) is 4.48. The molecule has 0 bridgehead atoms. The first kappa shape index (κ1) is 15.0. The van der Waals surface area contributed by atoms with Crippen molar-refractivity contribution in [3.63, 3.8) is 0 Å². The lowest BCUT2D eigenvalue weighted by atomic mass is 10.1. The molecule has 0 saturated heterocycles. The monoisotopic (exact) mass is 325 g/mol. The second kappa shape index (κ2) is 5.95. The van der Waals surface area contributed by atoms with E-state index in [2.05, 4.69) is 10.3 Å². The fourth-order valence-electron chi connectivity index (χ4n) is 1.96. The van der Waals surface area contributed by atoms with Gasteiger partial charge in [-0.15, -0.1) is 0 Å². The van der Waals surface area contributed by atoms with Gasteiger partial charge in [-0.1, -0.05) is 35.4 Å². The van der Waals surface area contributed by atoms with E-state index in [4.69, 9.17) is 41.2 Å². The Morgan fingerprint density at radius 1 is 1.25 bits per heavy atom. The minimum Gasteiger partial charge on any atom is -0.389 e. The highest BCUT2D eigenvalue weighted by molar-refractivity contribution is 7.80. The molecule has 1 aromatic heterocycles. The minimum absolute atomic E-state index is 0.294. The van der Waals surface area contributed by atoms with Crippen LogP contribution >= 0.6 is 35.4 Å². The summed E-state index contributed by atoms with van der Waals surface area (Å²) in [5, 5.41) is 4.24. The van der Waals surface area contributed by atoms with Gasteiger partial charge in [-0.25, -0.2) is 4.98 Å². The topological polar surface area (TPSA) is 50.9 Å². The van der Waals surface area contributed by atoms with Crippen molar-refractivity contribution >= 4 is 51.9 Å². The van der Waals surface area contributed by atoms with E-state index in [1.165, 1.54) is 0 Å². The second-order valence-electron chi connectivity index (χ2n) is 4.42. The molecule has 0 aliphatic carbocycles. The second-order valence-corrected chi connectivity index (χ2v) is 5.70. The van der Waals surface area contributed by atoms with Crippen LogP contribution in [0.1, 0.15) is 16.8 Å². The molecule has 0 saturated carbocycles. The van der Waals surface area contributed by atoms with Crippen LogP contribution in [0.5, 0.6) is 0 Å². The summed E-state index contributed by atoms with van der Waals surface area (Å²) in [5.74, 6) is 0.597. The van der Waals surface area contributed by atoms with Crippen molar-refractivity contribution < 1.29 is 0 Å². The van der Waals surface area contributed by atoms with Gasteiger partial charge in [0.25, 0.3) is 0 Å². The Balaban J connectivity index is 2.50. The summed E-state index contributed by atoms with van der Waals surface area (Å²) in [4.78, 5) is 4.74. The van der Waals surface area contributed by atoms with Crippen LogP contribution in [-0.4, -0.2) is 9.97 Å². The molecule has 0 spiro atoms. The van der Waals surface area contributed by atoms with E-state index < -0.39 is 0 Å². The van der Waals surface area contributed by atoms with E-state index in [-0.39, 0.29) is 0 Å². The lowest BCUT2D eigenvalue weighted by Crippen LogP contribution is -2.15. The number of hydrogen-bond acceptors (Lipinski definition) is 3. The molecular formula is C14H13Cl2N3S. The van der Waals surface area contributed by atoms with E-state index >= 15 is 0 Å². The van der Waals surface area contributed by atoms with Crippen LogP contribution in [0.15, 0.2) is 24.3 Å². The van der Waals surface area contributed by atoms with Gasteiger partial charge in [0.1, 0.15) is 10.8 Å². The first-order valence-electron chi connectivity index (χ1n) is 5.88. The van der Waals surface area contributed by atoms with Gasteiger partial charge < -0.3 is 11.1 Å². The van der Waals surface area contributed by atoms with Gasteiger partial charge in [0, 0.05) is 10.7 Å². The van der Waals surface area contributed by atoms with Crippen molar-refractivity contribution in [1.29, 1.82) is 0 Å². The summed E-state index contributed by atoms with van der Waals surface area (Å²) in [6.45, 7) is 3.85. The zero-order chi connectivity index (χ0) is 14.9. The zero-order valence-electron chi connectivity index (χ0n) is 11.0. The van der Waals surface area contributed by atoms with Crippen LogP contribution in [-0.2, 0) is 0 Å². The van der Waals surface area contributed by atoms with Gasteiger partial charge in [-0.05, 0) is 43.7 Å². The van der Waals surface area contributed by atoms with Gasteiger partial charge in [-0.3, -0.25) is 0 Å². The minimum atomic E-state index is 0.294. The summed E-state index contributed by atoms with van der Waals surface area (Å²) >= 11 is 17.1. The third-order valence-corrected chi connectivity index (χ3v) is 3.53. The Bertz CT molecular complexity index is 686. The summed E-state index contributed by atoms with van der Waals surface area (Å²) in [5.41, 5.74) is 9.04. The van der Waals surface area contributed by atoms with Crippen molar-refractivity contribution in [2.75, 3.05) is 5.32 Å². The highest BCUT2D eigenvalue weighted by Crippen LogP contribution is 2.29. The van der Waals surface area contributed by atoms with Crippen LogP contribution in [0, 0.1) is 13.8 Å². The lowest BCUT2D eigenvalue weighted by Gasteiger charge is -2.14. The van der Waals surface area contributed by atoms with Crippen LogP contribution in [0.3, 0.4) is 0 Å². The molecule has 1 aromatic carbocycles. The van der Waals surface area contributed by atoms with E-state index in [0.29, 0.717) is 26.5 Å². The molecule has 0 aliphatic rings. The van der Waals surface area contributed by atoms with Crippen molar-refractivity contribution in [3.05, 3.63) is 51.1 Å². The standard InChI is InChI=1S/C14H13Cl2N3S/c1-7-5-8(2)18-14(12(7)13(17)20)19-11-4-3-9(15)6-10(11)16/h3-6H,1-2H3,(H2,17,20)(H,18,19). The van der Waals surface area contributed by atoms with Crippen molar-refractivity contribution in [2.24, 2.45) is 5.73 Å². The fraction of sp³-hybridized carbons (Fsp3) is 0.143. The number of halogens is 2. The average Bonchev–Trinajstić information content (AvgIpc) is 2.31. The van der Waals surface area contributed by atoms with Gasteiger partial charge in [-0.2, -0.15) is 0 Å². The van der Waals surface area contributed by atoms with E-state index in [1.807, 2.05) is 19.9 Å². The normalized spacial score (nSPS) is 10.4.